The summed E-state index contributed by atoms with van der Waals surface area (Å²) < 4.78 is 5.10. The summed E-state index contributed by atoms with van der Waals surface area (Å²) in [5, 5.41) is 14.2. The topological polar surface area (TPSA) is 41.5 Å². The van der Waals surface area contributed by atoms with Gasteiger partial charge >= 0.3 is 0 Å². The number of methoxy groups -OCH3 is 1. The fourth-order valence-electron chi connectivity index (χ4n) is 2.73. The molecule has 3 heteroatoms. The molecule has 0 spiro atoms. The third kappa shape index (κ3) is 4.57. The van der Waals surface area contributed by atoms with Crippen molar-refractivity contribution in [3.63, 3.8) is 0 Å². The average Bonchev–Trinajstić information content (AvgIpc) is 2.35. The molecule has 1 aliphatic rings. The summed E-state index contributed by atoms with van der Waals surface area (Å²) in [6.45, 7) is 6.20. The standard InChI is InChI=1S/C14H29NO2/c1-4-10-15-13-5-8-14(16,9-6-13)12(2)7-11-17-3/h12-13,15-16H,4-11H2,1-3H3. The van der Waals surface area contributed by atoms with Crippen molar-refractivity contribution in [1.29, 1.82) is 0 Å². The van der Waals surface area contributed by atoms with Crippen molar-refractivity contribution in [2.45, 2.75) is 64.0 Å². The Labute approximate surface area is 106 Å². The SMILES string of the molecule is CCCNC1CCC(O)(C(C)CCOC)CC1. The summed E-state index contributed by atoms with van der Waals surface area (Å²) in [5.74, 6) is 0.342. The summed E-state index contributed by atoms with van der Waals surface area (Å²) in [6, 6.07) is 0.616. The first-order chi connectivity index (χ1) is 8.12. The highest BCUT2D eigenvalue weighted by Crippen LogP contribution is 2.35. The van der Waals surface area contributed by atoms with Crippen molar-refractivity contribution in [2.75, 3.05) is 20.3 Å². The number of nitrogens with one attached hydrogen (secondary N) is 1. The molecule has 1 atom stereocenters. The largest absolute Gasteiger partial charge is 0.390 e. The number of aliphatic hydroxyl groups is 1. The van der Waals surface area contributed by atoms with Crippen LogP contribution in [0.1, 0.15) is 52.4 Å². The first-order valence-corrected chi connectivity index (χ1v) is 7.07. The molecule has 3 nitrogen and oxygen atoms in total. The molecule has 1 aliphatic carbocycles. The maximum atomic E-state index is 10.6. The maximum absolute atomic E-state index is 10.6. The smallest absolute Gasteiger partial charge is 0.0675 e. The van der Waals surface area contributed by atoms with E-state index in [-0.39, 0.29) is 0 Å². The van der Waals surface area contributed by atoms with Gasteiger partial charge in [-0.25, -0.2) is 0 Å². The van der Waals surface area contributed by atoms with Gasteiger partial charge in [-0.3, -0.25) is 0 Å². The molecule has 0 heterocycles. The van der Waals surface area contributed by atoms with E-state index < -0.39 is 5.60 Å². The number of hydrogen-bond acceptors (Lipinski definition) is 3. The van der Waals surface area contributed by atoms with Crippen LogP contribution in [0.2, 0.25) is 0 Å². The first kappa shape index (κ1) is 14.9. The molecule has 0 aromatic rings. The van der Waals surface area contributed by atoms with Gasteiger partial charge in [-0.1, -0.05) is 13.8 Å². The molecule has 0 amide bonds. The lowest BCUT2D eigenvalue weighted by Gasteiger charge is -2.40. The molecule has 0 aromatic carbocycles. The molecule has 0 bridgehead atoms. The quantitative estimate of drug-likeness (QED) is 0.721. The van der Waals surface area contributed by atoms with E-state index in [1.54, 1.807) is 7.11 Å². The van der Waals surface area contributed by atoms with Gasteiger partial charge in [0.25, 0.3) is 0 Å². The Kier molecular flexibility index (Phi) is 6.45. The highest BCUT2D eigenvalue weighted by atomic mass is 16.5. The Bertz CT molecular complexity index is 200. The average molecular weight is 243 g/mol. The van der Waals surface area contributed by atoms with Gasteiger partial charge in [-0.15, -0.1) is 0 Å². The third-order valence-corrected chi connectivity index (χ3v) is 4.21. The normalized spacial score (nSPS) is 31.4. The molecule has 102 valence electrons. The van der Waals surface area contributed by atoms with E-state index in [0.717, 1.165) is 45.3 Å². The second-order valence-electron chi connectivity index (χ2n) is 5.51. The van der Waals surface area contributed by atoms with Crippen LogP contribution in [0.25, 0.3) is 0 Å². The Hall–Kier alpha value is -0.120. The zero-order valence-corrected chi connectivity index (χ0v) is 11.7. The van der Waals surface area contributed by atoms with E-state index in [2.05, 4.69) is 19.2 Å². The second kappa shape index (κ2) is 7.34. The fraction of sp³-hybridized carbons (Fsp3) is 1.00. The van der Waals surface area contributed by atoms with Gasteiger partial charge < -0.3 is 15.2 Å². The van der Waals surface area contributed by atoms with E-state index in [4.69, 9.17) is 4.74 Å². The van der Waals surface area contributed by atoms with Crippen molar-refractivity contribution >= 4 is 0 Å². The summed E-state index contributed by atoms with van der Waals surface area (Å²) in [7, 11) is 1.72. The van der Waals surface area contributed by atoms with Crippen LogP contribution in [-0.4, -0.2) is 37.0 Å². The van der Waals surface area contributed by atoms with Gasteiger partial charge in [-0.2, -0.15) is 0 Å². The number of ether oxygens (including phenoxy) is 1. The first-order valence-electron chi connectivity index (χ1n) is 7.07. The van der Waals surface area contributed by atoms with Gasteiger partial charge in [0.1, 0.15) is 0 Å². The summed E-state index contributed by atoms with van der Waals surface area (Å²) in [4.78, 5) is 0. The lowest BCUT2D eigenvalue weighted by molar-refractivity contribution is -0.0565. The van der Waals surface area contributed by atoms with E-state index in [1.165, 1.54) is 6.42 Å². The minimum absolute atomic E-state index is 0.342. The van der Waals surface area contributed by atoms with Crippen LogP contribution >= 0.6 is 0 Å². The highest BCUT2D eigenvalue weighted by molar-refractivity contribution is 4.91. The predicted molar refractivity (Wildman–Crippen MR) is 71.2 cm³/mol. The molecule has 1 rings (SSSR count). The number of hydrogen-bond donors (Lipinski definition) is 2. The Balaban J connectivity index is 2.32. The van der Waals surface area contributed by atoms with Crippen LogP contribution in [0, 0.1) is 5.92 Å². The minimum Gasteiger partial charge on any atom is -0.390 e. The zero-order valence-electron chi connectivity index (χ0n) is 11.7. The van der Waals surface area contributed by atoms with E-state index in [0.29, 0.717) is 12.0 Å². The van der Waals surface area contributed by atoms with E-state index in [9.17, 15) is 5.11 Å². The summed E-state index contributed by atoms with van der Waals surface area (Å²) in [5.41, 5.74) is -0.455. The molecular weight excluding hydrogens is 214 g/mol. The molecule has 1 fully saturated rings. The second-order valence-corrected chi connectivity index (χ2v) is 5.51. The molecule has 2 N–H and O–H groups in total. The zero-order chi connectivity index (χ0) is 12.7. The van der Waals surface area contributed by atoms with Crippen molar-refractivity contribution in [1.82, 2.24) is 5.32 Å². The minimum atomic E-state index is -0.455. The van der Waals surface area contributed by atoms with Crippen LogP contribution in [0.15, 0.2) is 0 Å². The Morgan fingerprint density at radius 1 is 1.41 bits per heavy atom. The summed E-state index contributed by atoms with van der Waals surface area (Å²) >= 11 is 0. The van der Waals surface area contributed by atoms with Crippen molar-refractivity contribution < 1.29 is 9.84 Å². The van der Waals surface area contributed by atoms with Crippen molar-refractivity contribution in [3.8, 4) is 0 Å². The highest BCUT2D eigenvalue weighted by Gasteiger charge is 2.37. The molecular formula is C14H29NO2. The van der Waals surface area contributed by atoms with Gasteiger partial charge in [0, 0.05) is 19.8 Å². The predicted octanol–water partition coefficient (Wildman–Crippen LogP) is 2.33. The monoisotopic (exact) mass is 243 g/mol. The van der Waals surface area contributed by atoms with Gasteiger partial charge in [-0.05, 0) is 51.0 Å². The maximum Gasteiger partial charge on any atom is 0.0675 e. The molecule has 17 heavy (non-hydrogen) atoms. The summed E-state index contributed by atoms with van der Waals surface area (Å²) in [6.07, 6.45) is 6.21. The molecule has 1 unspecified atom stereocenters. The van der Waals surface area contributed by atoms with Gasteiger partial charge in [0.2, 0.25) is 0 Å². The third-order valence-electron chi connectivity index (χ3n) is 4.21. The molecule has 0 aromatic heterocycles. The van der Waals surface area contributed by atoms with Crippen LogP contribution in [0.3, 0.4) is 0 Å². The van der Waals surface area contributed by atoms with Crippen LogP contribution in [0.5, 0.6) is 0 Å². The van der Waals surface area contributed by atoms with Crippen LogP contribution in [-0.2, 0) is 4.74 Å². The molecule has 0 aliphatic heterocycles. The number of rotatable bonds is 7. The van der Waals surface area contributed by atoms with Crippen LogP contribution in [0.4, 0.5) is 0 Å². The van der Waals surface area contributed by atoms with Gasteiger partial charge in [0.15, 0.2) is 0 Å². The van der Waals surface area contributed by atoms with E-state index in [1.807, 2.05) is 0 Å². The van der Waals surface area contributed by atoms with E-state index >= 15 is 0 Å². The lowest BCUT2D eigenvalue weighted by Crippen LogP contribution is -2.45. The molecule has 1 saturated carbocycles. The lowest BCUT2D eigenvalue weighted by atomic mass is 9.74. The Morgan fingerprint density at radius 3 is 2.59 bits per heavy atom. The van der Waals surface area contributed by atoms with Crippen LogP contribution < -0.4 is 5.32 Å². The van der Waals surface area contributed by atoms with Crippen molar-refractivity contribution in [3.05, 3.63) is 0 Å². The Morgan fingerprint density at radius 2 is 2.06 bits per heavy atom. The molecule has 0 radical (unpaired) electrons. The van der Waals surface area contributed by atoms with Crippen molar-refractivity contribution in [2.24, 2.45) is 5.92 Å². The molecule has 0 saturated heterocycles. The fourth-order valence-corrected chi connectivity index (χ4v) is 2.73. The van der Waals surface area contributed by atoms with Gasteiger partial charge in [0.05, 0.1) is 5.60 Å².